The van der Waals surface area contributed by atoms with Gasteiger partial charge < -0.3 is 28.9 Å². The topological polar surface area (TPSA) is 103 Å². The highest BCUT2D eigenvalue weighted by atomic mass is 19.4. The van der Waals surface area contributed by atoms with E-state index in [1.807, 2.05) is 12.1 Å². The zero-order valence-electron chi connectivity index (χ0n) is 27.9. The van der Waals surface area contributed by atoms with Gasteiger partial charge >= 0.3 is 18.3 Å². The van der Waals surface area contributed by atoms with Crippen LogP contribution in [0.15, 0.2) is 89.7 Å². The Hall–Kier alpha value is -5.92. The summed E-state index contributed by atoms with van der Waals surface area (Å²) >= 11 is 0. The quantitative estimate of drug-likeness (QED) is 0.0924. The standard InChI is InChI=1S/C39H30F6N2O6/c1-47-29-13-5-3-9-26(29)34(48)32(36(47)49)31(27-10-6-14-30-35(27)52-17-16-51-30)33-25(24-8-2-4-12-28(24)46-33)11-7-15-53-37(50)21-18-22(38(40,41)42)20-23(19-21)39(43,44)45/h2-6,8-10,12-14,18-20,31,46,48H,7,11,15-17H2,1H3. The summed E-state index contributed by atoms with van der Waals surface area (Å²) in [5.41, 5.74) is -1.68. The van der Waals surface area contributed by atoms with E-state index in [-0.39, 0.29) is 43.4 Å². The number of carbonyl (C=O) groups is 1. The number of alkyl halides is 6. The van der Waals surface area contributed by atoms with Gasteiger partial charge in [-0.15, -0.1) is 0 Å². The lowest BCUT2D eigenvalue weighted by atomic mass is 9.84. The number of carbonyl (C=O) groups excluding carboxylic acids is 1. The van der Waals surface area contributed by atoms with Gasteiger partial charge in [0.1, 0.15) is 19.0 Å². The van der Waals surface area contributed by atoms with Crippen LogP contribution in [-0.4, -0.2) is 40.4 Å². The summed E-state index contributed by atoms with van der Waals surface area (Å²) in [6.45, 7) is 0.179. The number of hydrogen-bond acceptors (Lipinski definition) is 6. The van der Waals surface area contributed by atoms with Gasteiger partial charge in [-0.1, -0.05) is 42.5 Å². The lowest BCUT2D eigenvalue weighted by molar-refractivity contribution is -0.143. The molecule has 0 saturated heterocycles. The van der Waals surface area contributed by atoms with Crippen LogP contribution >= 0.6 is 0 Å². The summed E-state index contributed by atoms with van der Waals surface area (Å²) in [7, 11) is 1.60. The van der Waals surface area contributed by atoms with Crippen LogP contribution < -0.4 is 15.0 Å². The molecule has 1 unspecified atom stereocenters. The molecule has 0 spiro atoms. The van der Waals surface area contributed by atoms with E-state index in [1.165, 1.54) is 4.57 Å². The van der Waals surface area contributed by atoms with E-state index < -0.39 is 46.5 Å². The molecule has 0 bridgehead atoms. The zero-order chi connectivity index (χ0) is 37.7. The van der Waals surface area contributed by atoms with Gasteiger partial charge in [0, 0.05) is 34.6 Å². The minimum Gasteiger partial charge on any atom is -0.507 e. The second-order valence-corrected chi connectivity index (χ2v) is 12.5. The molecule has 6 aromatic rings. The van der Waals surface area contributed by atoms with Crippen molar-refractivity contribution < 1.29 is 50.5 Å². The number of aryl methyl sites for hydroxylation is 2. The molecular formula is C39H30F6N2O6. The number of aromatic hydroxyl groups is 1. The molecule has 0 amide bonds. The number of hydrogen-bond donors (Lipinski definition) is 2. The van der Waals surface area contributed by atoms with Crippen LogP contribution in [0.5, 0.6) is 17.2 Å². The van der Waals surface area contributed by atoms with Gasteiger partial charge in [0.2, 0.25) is 0 Å². The van der Waals surface area contributed by atoms with Crippen molar-refractivity contribution in [2.75, 3.05) is 19.8 Å². The number of halogens is 6. The molecule has 0 radical (unpaired) electrons. The maximum Gasteiger partial charge on any atom is 0.416 e. The van der Waals surface area contributed by atoms with Crippen molar-refractivity contribution in [2.24, 2.45) is 7.05 Å². The number of H-pyrrole nitrogens is 1. The highest BCUT2D eigenvalue weighted by Crippen LogP contribution is 2.47. The largest absolute Gasteiger partial charge is 0.507 e. The maximum absolute atomic E-state index is 14.2. The summed E-state index contributed by atoms with van der Waals surface area (Å²) in [6.07, 6.45) is -9.99. The Morgan fingerprint density at radius 3 is 2.26 bits per heavy atom. The van der Waals surface area contributed by atoms with E-state index in [2.05, 4.69) is 4.98 Å². The first-order valence-electron chi connectivity index (χ1n) is 16.5. The Balaban J connectivity index is 1.29. The third kappa shape index (κ3) is 6.64. The Kier molecular flexibility index (Phi) is 9.08. The molecule has 3 heterocycles. The number of aromatic amines is 1. The van der Waals surface area contributed by atoms with Crippen molar-refractivity contribution in [3.8, 4) is 17.2 Å². The van der Waals surface area contributed by atoms with E-state index in [0.29, 0.717) is 63.5 Å². The SMILES string of the molecule is Cn1c(=O)c(C(c2cccc3c2OCCO3)c2[nH]c3ccccc3c2CCCOC(=O)c2cc(C(F)(F)F)cc(C(F)(F)F)c2)c(O)c2ccccc21. The van der Waals surface area contributed by atoms with Gasteiger partial charge in [-0.05, 0) is 60.9 Å². The number of benzene rings is 4. The third-order valence-corrected chi connectivity index (χ3v) is 9.27. The van der Waals surface area contributed by atoms with Crippen LogP contribution in [0.4, 0.5) is 26.3 Å². The molecule has 8 nitrogen and oxygen atoms in total. The number of nitrogens with one attached hydrogen (secondary N) is 1. The molecule has 1 atom stereocenters. The second kappa shape index (κ2) is 13.6. The first-order chi connectivity index (χ1) is 25.2. The third-order valence-electron chi connectivity index (χ3n) is 9.27. The van der Waals surface area contributed by atoms with Crippen molar-refractivity contribution in [1.82, 2.24) is 9.55 Å². The van der Waals surface area contributed by atoms with E-state index >= 15 is 0 Å². The lowest BCUT2D eigenvalue weighted by Crippen LogP contribution is -2.26. The molecule has 7 rings (SSSR count). The Labute approximate surface area is 297 Å². The summed E-state index contributed by atoms with van der Waals surface area (Å²) in [4.78, 5) is 30.5. The summed E-state index contributed by atoms with van der Waals surface area (Å²) in [5.74, 6) is -1.71. The summed E-state index contributed by atoms with van der Waals surface area (Å²) in [5, 5.41) is 13.0. The van der Waals surface area contributed by atoms with Gasteiger partial charge in [-0.25, -0.2) is 4.79 Å². The predicted octanol–water partition coefficient (Wildman–Crippen LogP) is 8.50. The summed E-state index contributed by atoms with van der Waals surface area (Å²) < 4.78 is 99.1. The van der Waals surface area contributed by atoms with Crippen LogP contribution in [0.25, 0.3) is 21.8 Å². The second-order valence-electron chi connectivity index (χ2n) is 12.5. The van der Waals surface area contributed by atoms with Crippen molar-refractivity contribution in [3.05, 3.63) is 134 Å². The molecule has 1 aliphatic rings. The molecule has 53 heavy (non-hydrogen) atoms. The first-order valence-corrected chi connectivity index (χ1v) is 16.5. The minimum atomic E-state index is -5.13. The van der Waals surface area contributed by atoms with Crippen molar-refractivity contribution in [3.63, 3.8) is 0 Å². The normalized spacial score (nSPS) is 13.7. The van der Waals surface area contributed by atoms with Crippen LogP contribution in [0, 0.1) is 0 Å². The van der Waals surface area contributed by atoms with E-state index in [9.17, 15) is 41.0 Å². The van der Waals surface area contributed by atoms with Crippen LogP contribution in [-0.2, 0) is 30.6 Å². The highest BCUT2D eigenvalue weighted by molar-refractivity contribution is 5.90. The number of nitrogens with zero attached hydrogens (tertiary/aromatic N) is 1. The fourth-order valence-electron chi connectivity index (χ4n) is 6.85. The Bertz CT molecular complexity index is 2400. The minimum absolute atomic E-state index is 0.0537. The van der Waals surface area contributed by atoms with Crippen LogP contribution in [0.3, 0.4) is 0 Å². The van der Waals surface area contributed by atoms with Crippen molar-refractivity contribution in [2.45, 2.75) is 31.1 Å². The summed E-state index contributed by atoms with van der Waals surface area (Å²) in [6, 6.07) is 20.0. The molecule has 14 heteroatoms. The van der Waals surface area contributed by atoms with E-state index in [4.69, 9.17) is 14.2 Å². The average molecular weight is 737 g/mol. The van der Waals surface area contributed by atoms with Crippen molar-refractivity contribution >= 4 is 27.8 Å². The van der Waals surface area contributed by atoms with Gasteiger partial charge in [0.25, 0.3) is 5.56 Å². The highest BCUT2D eigenvalue weighted by Gasteiger charge is 2.38. The Morgan fingerprint density at radius 1 is 0.887 bits per heavy atom. The van der Waals surface area contributed by atoms with E-state index in [1.54, 1.807) is 61.6 Å². The number of para-hydroxylation sites is 3. The predicted molar refractivity (Wildman–Crippen MR) is 183 cm³/mol. The first kappa shape index (κ1) is 35.5. The van der Waals surface area contributed by atoms with Gasteiger partial charge in [-0.2, -0.15) is 26.3 Å². The molecule has 1 aliphatic heterocycles. The Morgan fingerprint density at radius 2 is 1.55 bits per heavy atom. The maximum atomic E-state index is 14.2. The number of esters is 1. The smallest absolute Gasteiger partial charge is 0.416 e. The monoisotopic (exact) mass is 736 g/mol. The molecule has 0 saturated carbocycles. The molecular weight excluding hydrogens is 706 g/mol. The number of fused-ring (bicyclic) bond motifs is 3. The molecule has 0 fully saturated rings. The fraction of sp³-hybridized carbons (Fsp3) is 0.231. The number of ether oxygens (including phenoxy) is 3. The zero-order valence-corrected chi connectivity index (χ0v) is 27.9. The fourth-order valence-corrected chi connectivity index (χ4v) is 6.85. The van der Waals surface area contributed by atoms with Gasteiger partial charge in [0.05, 0.1) is 40.3 Å². The van der Waals surface area contributed by atoms with Crippen molar-refractivity contribution in [1.29, 1.82) is 0 Å². The number of aromatic nitrogens is 2. The molecule has 4 aromatic carbocycles. The molecule has 2 aromatic heterocycles. The number of rotatable bonds is 8. The van der Waals surface area contributed by atoms with Gasteiger partial charge in [0.15, 0.2) is 11.5 Å². The molecule has 274 valence electrons. The lowest BCUT2D eigenvalue weighted by Gasteiger charge is -2.27. The molecule has 0 aliphatic carbocycles. The number of pyridine rings is 1. The van der Waals surface area contributed by atoms with E-state index in [0.717, 1.165) is 5.39 Å². The molecule has 2 N–H and O–H groups in total. The average Bonchev–Trinajstić information content (AvgIpc) is 3.50. The van der Waals surface area contributed by atoms with Gasteiger partial charge in [-0.3, -0.25) is 4.79 Å². The van der Waals surface area contributed by atoms with Crippen LogP contribution in [0.1, 0.15) is 56.2 Å². The van der Waals surface area contributed by atoms with Crippen LogP contribution in [0.2, 0.25) is 0 Å².